The number of carboxylic acids is 1. The first-order valence-electron chi connectivity index (χ1n) is 11.0. The van der Waals surface area contributed by atoms with Crippen molar-refractivity contribution in [2.24, 2.45) is 0 Å². The Labute approximate surface area is 197 Å². The van der Waals surface area contributed by atoms with E-state index in [0.29, 0.717) is 5.75 Å². The number of rotatable bonds is 14. The molecule has 0 spiro atoms. The van der Waals surface area contributed by atoms with Gasteiger partial charge in [0.1, 0.15) is 12.6 Å². The third-order valence-electron chi connectivity index (χ3n) is 4.76. The van der Waals surface area contributed by atoms with Gasteiger partial charge in [0.15, 0.2) is 0 Å². The lowest BCUT2D eigenvalue weighted by atomic mass is 10.1. The maximum atomic E-state index is 11.9. The molecule has 0 aliphatic rings. The van der Waals surface area contributed by atoms with E-state index >= 15 is 0 Å². The molecule has 0 saturated heterocycles. The Hall–Kier alpha value is -2.47. The zero-order valence-electron chi connectivity index (χ0n) is 19.7. The molecule has 0 aliphatic carbocycles. The molecule has 176 valence electrons. The lowest BCUT2D eigenvalue weighted by Gasteiger charge is -2.14. The van der Waals surface area contributed by atoms with E-state index in [1.54, 1.807) is 0 Å². The fourth-order valence-corrected chi connectivity index (χ4v) is 3.81. The molecule has 0 aromatic heterocycles. The summed E-state index contributed by atoms with van der Waals surface area (Å²) in [6.45, 7) is 8.63. The van der Waals surface area contributed by atoms with Gasteiger partial charge in [0.25, 0.3) is 0 Å². The Bertz CT molecular complexity index is 795. The number of alkyl carbamates (subject to hydrolysis) is 1. The molecule has 5 nitrogen and oxygen atoms in total. The first kappa shape index (κ1) is 27.6. The zero-order chi connectivity index (χ0) is 23.8. The Morgan fingerprint density at radius 1 is 1.00 bits per heavy atom. The highest BCUT2D eigenvalue weighted by Crippen LogP contribution is 2.13. The normalized spacial score (nSPS) is 12.8. The van der Waals surface area contributed by atoms with E-state index in [0.717, 1.165) is 31.2 Å². The van der Waals surface area contributed by atoms with E-state index in [2.05, 4.69) is 51.2 Å². The highest BCUT2D eigenvalue weighted by Gasteiger charge is 2.20. The van der Waals surface area contributed by atoms with E-state index in [1.165, 1.54) is 28.5 Å². The second-order valence-electron chi connectivity index (χ2n) is 8.09. The molecule has 1 aromatic carbocycles. The molecular weight excluding hydrogens is 422 g/mol. The Morgan fingerprint density at radius 3 is 2.25 bits per heavy atom. The molecule has 2 N–H and O–H groups in total. The van der Waals surface area contributed by atoms with Gasteiger partial charge in [-0.1, -0.05) is 65.3 Å². The quantitative estimate of drug-likeness (QED) is 0.245. The molecule has 0 saturated carbocycles. The highest BCUT2D eigenvalue weighted by atomic mass is 32.2. The molecule has 0 radical (unpaired) electrons. The standard InChI is InChI=1S/C26H37NO4S/c1-20(2)10-8-11-21(3)12-9-13-22(4)16-17-32-19-24(25(28)29)27-26(30)31-18-23-14-6-5-7-15-23/h5-7,10,12,14-16,24H,8-9,11,13,17-19H2,1-4H3,(H,27,30)(H,28,29). The van der Waals surface area contributed by atoms with Gasteiger partial charge in [-0.2, -0.15) is 11.8 Å². The molecule has 1 unspecified atom stereocenters. The van der Waals surface area contributed by atoms with Crippen LogP contribution in [0.5, 0.6) is 0 Å². The van der Waals surface area contributed by atoms with Gasteiger partial charge in [-0.15, -0.1) is 0 Å². The van der Waals surface area contributed by atoms with Gasteiger partial charge in [-0.05, 0) is 58.9 Å². The van der Waals surface area contributed by atoms with Crippen molar-refractivity contribution >= 4 is 23.8 Å². The minimum Gasteiger partial charge on any atom is -0.480 e. The minimum absolute atomic E-state index is 0.108. The molecule has 1 rings (SSSR count). The maximum Gasteiger partial charge on any atom is 0.408 e. The van der Waals surface area contributed by atoms with E-state index in [-0.39, 0.29) is 12.4 Å². The van der Waals surface area contributed by atoms with Crippen molar-refractivity contribution in [2.75, 3.05) is 11.5 Å². The van der Waals surface area contributed by atoms with Gasteiger partial charge in [0.2, 0.25) is 0 Å². The SMILES string of the molecule is CC(C)=CCCC(C)=CCCC(C)=CCSCC(NC(=O)OCc1ccccc1)C(=O)O. The zero-order valence-corrected chi connectivity index (χ0v) is 20.5. The van der Waals surface area contributed by atoms with Crippen molar-refractivity contribution < 1.29 is 19.4 Å². The summed E-state index contributed by atoms with van der Waals surface area (Å²) >= 11 is 1.48. The highest BCUT2D eigenvalue weighted by molar-refractivity contribution is 7.99. The lowest BCUT2D eigenvalue weighted by Crippen LogP contribution is -2.42. The molecule has 0 heterocycles. The minimum atomic E-state index is -1.07. The number of hydrogen-bond donors (Lipinski definition) is 2. The van der Waals surface area contributed by atoms with E-state index < -0.39 is 18.1 Å². The summed E-state index contributed by atoms with van der Waals surface area (Å²) in [5.74, 6) is -0.0775. The average molecular weight is 460 g/mol. The van der Waals surface area contributed by atoms with Crippen molar-refractivity contribution in [1.29, 1.82) is 0 Å². The van der Waals surface area contributed by atoms with Crippen LogP contribution in [0.4, 0.5) is 4.79 Å². The number of carbonyl (C=O) groups is 2. The third kappa shape index (κ3) is 13.8. The van der Waals surface area contributed by atoms with Crippen LogP contribution in [0.2, 0.25) is 0 Å². The summed E-state index contributed by atoms with van der Waals surface area (Å²) in [4.78, 5) is 23.4. The van der Waals surface area contributed by atoms with Crippen LogP contribution in [-0.4, -0.2) is 34.7 Å². The fraction of sp³-hybridized carbons (Fsp3) is 0.462. The van der Waals surface area contributed by atoms with Crippen LogP contribution in [0.3, 0.4) is 0 Å². The van der Waals surface area contributed by atoms with Crippen LogP contribution in [0, 0.1) is 0 Å². The molecule has 1 atom stereocenters. The summed E-state index contributed by atoms with van der Waals surface area (Å²) in [6.07, 6.45) is 10.2. The Kier molecular flexibility index (Phi) is 14.0. The number of ether oxygens (including phenoxy) is 1. The fourth-order valence-electron chi connectivity index (χ4n) is 2.81. The van der Waals surface area contributed by atoms with Crippen LogP contribution in [0.1, 0.15) is 58.9 Å². The predicted molar refractivity (Wildman–Crippen MR) is 134 cm³/mol. The summed E-state index contributed by atoms with van der Waals surface area (Å²) < 4.78 is 5.11. The summed E-state index contributed by atoms with van der Waals surface area (Å²) in [5, 5.41) is 11.8. The number of thioether (sulfide) groups is 1. The van der Waals surface area contributed by atoms with Crippen LogP contribution in [-0.2, 0) is 16.1 Å². The summed E-state index contributed by atoms with van der Waals surface area (Å²) in [6, 6.07) is 8.28. The maximum absolute atomic E-state index is 11.9. The number of carboxylic acid groups (broad SMARTS) is 1. The number of amides is 1. The van der Waals surface area contributed by atoms with Crippen molar-refractivity contribution in [3.63, 3.8) is 0 Å². The number of benzene rings is 1. The predicted octanol–water partition coefficient (Wildman–Crippen LogP) is 6.52. The topological polar surface area (TPSA) is 75.6 Å². The number of hydrogen-bond acceptors (Lipinski definition) is 4. The van der Waals surface area contributed by atoms with E-state index in [1.807, 2.05) is 30.3 Å². The van der Waals surface area contributed by atoms with Crippen molar-refractivity contribution in [3.8, 4) is 0 Å². The van der Waals surface area contributed by atoms with Gasteiger partial charge < -0.3 is 15.2 Å². The largest absolute Gasteiger partial charge is 0.480 e. The molecule has 1 aromatic rings. The number of nitrogens with one attached hydrogen (secondary N) is 1. The van der Waals surface area contributed by atoms with E-state index in [9.17, 15) is 14.7 Å². The van der Waals surface area contributed by atoms with Crippen LogP contribution >= 0.6 is 11.8 Å². The lowest BCUT2D eigenvalue weighted by molar-refractivity contribution is -0.138. The second-order valence-corrected chi connectivity index (χ2v) is 9.17. The van der Waals surface area contributed by atoms with Gasteiger partial charge in [-0.25, -0.2) is 9.59 Å². The molecule has 0 aliphatic heterocycles. The number of allylic oxidation sites excluding steroid dienone is 5. The molecule has 0 fully saturated rings. The second kappa shape index (κ2) is 16.2. The third-order valence-corrected chi connectivity index (χ3v) is 5.73. The van der Waals surface area contributed by atoms with Crippen molar-refractivity contribution in [1.82, 2.24) is 5.32 Å². The van der Waals surface area contributed by atoms with Crippen LogP contribution < -0.4 is 5.32 Å². The Morgan fingerprint density at radius 2 is 1.62 bits per heavy atom. The summed E-state index contributed by atoms with van der Waals surface area (Å²) in [5.41, 5.74) is 4.91. The van der Waals surface area contributed by atoms with Crippen molar-refractivity contribution in [3.05, 3.63) is 70.8 Å². The first-order chi connectivity index (χ1) is 15.3. The average Bonchev–Trinajstić information content (AvgIpc) is 2.74. The smallest absolute Gasteiger partial charge is 0.408 e. The van der Waals surface area contributed by atoms with Crippen LogP contribution in [0.15, 0.2) is 65.3 Å². The molecule has 32 heavy (non-hydrogen) atoms. The van der Waals surface area contributed by atoms with Gasteiger partial charge in [0.05, 0.1) is 0 Å². The Balaban J connectivity index is 2.30. The van der Waals surface area contributed by atoms with E-state index in [4.69, 9.17) is 4.74 Å². The molecule has 6 heteroatoms. The number of carbonyl (C=O) groups excluding carboxylic acids is 1. The van der Waals surface area contributed by atoms with Gasteiger partial charge in [0, 0.05) is 11.5 Å². The monoisotopic (exact) mass is 459 g/mol. The number of aliphatic carboxylic acids is 1. The molecule has 0 bridgehead atoms. The first-order valence-corrected chi connectivity index (χ1v) is 12.2. The molecular formula is C26H37NO4S. The van der Waals surface area contributed by atoms with Crippen LogP contribution in [0.25, 0.3) is 0 Å². The van der Waals surface area contributed by atoms with Crippen molar-refractivity contribution in [2.45, 2.75) is 66.0 Å². The molecule has 1 amide bonds. The van der Waals surface area contributed by atoms with Gasteiger partial charge >= 0.3 is 12.1 Å². The summed E-state index contributed by atoms with van der Waals surface area (Å²) in [7, 11) is 0. The van der Waals surface area contributed by atoms with Gasteiger partial charge in [-0.3, -0.25) is 0 Å².